The van der Waals surface area contributed by atoms with E-state index in [-0.39, 0.29) is 52.8 Å². The molecule has 0 aromatic heterocycles. The summed E-state index contributed by atoms with van der Waals surface area (Å²) in [5, 5.41) is 42.6. The molecule has 0 saturated heterocycles. The third kappa shape index (κ3) is 4.55. The molecular formula is C6H9KO8. The number of aliphatic hydroxyl groups is 2. The minimum Gasteiger partial charge on any atom is -1.00 e. The molecule has 0 aliphatic rings. The van der Waals surface area contributed by atoms with Crippen LogP contribution in [0.15, 0.2) is 0 Å². The molecule has 0 radical (unpaired) electrons. The second-order valence-corrected chi connectivity index (χ2v) is 2.54. The predicted octanol–water partition coefficient (Wildman–Crippen LogP) is -5.16. The molecule has 2 atom stereocenters. The molecule has 2 unspecified atom stereocenters. The molecule has 0 aliphatic carbocycles. The summed E-state index contributed by atoms with van der Waals surface area (Å²) < 4.78 is 0. The van der Waals surface area contributed by atoms with Crippen LogP contribution < -0.4 is 51.4 Å². The van der Waals surface area contributed by atoms with Crippen molar-refractivity contribution in [2.75, 3.05) is 0 Å². The van der Waals surface area contributed by atoms with Gasteiger partial charge in [-0.2, -0.15) is 0 Å². The van der Waals surface area contributed by atoms with Gasteiger partial charge in [-0.05, 0) is 0 Å². The van der Waals surface area contributed by atoms with Crippen LogP contribution in [0.25, 0.3) is 0 Å². The van der Waals surface area contributed by atoms with Crippen LogP contribution in [0.2, 0.25) is 0 Å². The van der Waals surface area contributed by atoms with Crippen molar-refractivity contribution in [2.45, 2.75) is 18.1 Å². The van der Waals surface area contributed by atoms with E-state index < -0.39 is 36.0 Å². The normalized spacial score (nSPS) is 15.6. The summed E-state index contributed by atoms with van der Waals surface area (Å²) >= 11 is 0. The van der Waals surface area contributed by atoms with Gasteiger partial charge < -0.3 is 27.0 Å². The van der Waals surface area contributed by atoms with Crippen LogP contribution in [0.5, 0.6) is 0 Å². The number of hydrogen-bond acceptors (Lipinski definition) is 5. The van der Waals surface area contributed by atoms with Crippen LogP contribution in [0.1, 0.15) is 7.85 Å². The van der Waals surface area contributed by atoms with E-state index in [1.54, 1.807) is 0 Å². The van der Waals surface area contributed by atoms with E-state index in [0.717, 1.165) is 0 Å². The zero-order chi connectivity index (χ0) is 11.5. The molecule has 0 bridgehead atoms. The molecule has 82 valence electrons. The van der Waals surface area contributed by atoms with Crippen LogP contribution in [-0.4, -0.2) is 55.1 Å². The summed E-state index contributed by atoms with van der Waals surface area (Å²) in [5.41, 5.74) is -3.22. The Bertz CT molecular complexity index is 282. The van der Waals surface area contributed by atoms with Gasteiger partial charge in [-0.3, -0.25) is 4.79 Å². The molecule has 0 aromatic carbocycles. The smallest absolute Gasteiger partial charge is 1.00 e. The molecule has 0 aliphatic heterocycles. The van der Waals surface area contributed by atoms with E-state index in [9.17, 15) is 14.4 Å². The molecule has 0 amide bonds. The van der Waals surface area contributed by atoms with Crippen LogP contribution in [0.4, 0.5) is 0 Å². The van der Waals surface area contributed by atoms with Crippen LogP contribution in [0.3, 0.4) is 0 Å². The Morgan fingerprint density at radius 1 is 1.20 bits per heavy atom. The van der Waals surface area contributed by atoms with Gasteiger partial charge in [0.1, 0.15) is 0 Å². The van der Waals surface area contributed by atoms with Crippen LogP contribution >= 0.6 is 0 Å². The number of carboxylic acids is 3. The van der Waals surface area contributed by atoms with Gasteiger partial charge in [-0.15, -0.1) is 0 Å². The van der Waals surface area contributed by atoms with Crippen molar-refractivity contribution in [1.82, 2.24) is 0 Å². The second-order valence-electron chi connectivity index (χ2n) is 2.54. The van der Waals surface area contributed by atoms with Crippen LogP contribution in [-0.2, 0) is 14.4 Å². The minimum absolute atomic E-state index is 0. The van der Waals surface area contributed by atoms with E-state index in [0.29, 0.717) is 0 Å². The molecule has 0 spiro atoms. The van der Waals surface area contributed by atoms with Crippen molar-refractivity contribution in [3.05, 3.63) is 0 Å². The van der Waals surface area contributed by atoms with Crippen LogP contribution in [0, 0.1) is 0 Å². The molecule has 8 nitrogen and oxygen atoms in total. The largest absolute Gasteiger partial charge is 1.00 e. The fourth-order valence-electron chi connectivity index (χ4n) is 0.724. The summed E-state index contributed by atoms with van der Waals surface area (Å²) in [5.74, 6) is -5.87. The third-order valence-corrected chi connectivity index (χ3v) is 1.48. The molecule has 15 heavy (non-hydrogen) atoms. The van der Waals surface area contributed by atoms with Gasteiger partial charge in [0.2, 0.25) is 5.60 Å². The standard InChI is InChI=1S/C6H8O8.K.H/c7-2(8)1-6(14,5(12)13)3(9)4(10)11;;/h3,9,14H,1H2,(H,7,8)(H,10,11)(H,12,13);;/q;+1;-1. The number of rotatable bonds is 5. The van der Waals surface area contributed by atoms with Gasteiger partial charge in [0.15, 0.2) is 6.10 Å². The molecule has 0 aromatic rings. The van der Waals surface area contributed by atoms with Gasteiger partial charge in [0.05, 0.1) is 6.42 Å². The van der Waals surface area contributed by atoms with Gasteiger partial charge >= 0.3 is 69.3 Å². The maximum atomic E-state index is 10.4. The van der Waals surface area contributed by atoms with E-state index in [4.69, 9.17) is 25.5 Å². The Morgan fingerprint density at radius 2 is 1.60 bits per heavy atom. The first kappa shape index (κ1) is 17.4. The predicted molar refractivity (Wildman–Crippen MR) is 39.6 cm³/mol. The van der Waals surface area contributed by atoms with Gasteiger partial charge in [-0.25, -0.2) is 9.59 Å². The van der Waals surface area contributed by atoms with E-state index in [1.807, 2.05) is 0 Å². The molecule has 9 heteroatoms. The van der Waals surface area contributed by atoms with E-state index in [1.165, 1.54) is 0 Å². The number of carbonyl (C=O) groups is 3. The Hall–Kier alpha value is -0.0336. The quantitative estimate of drug-likeness (QED) is 0.303. The Balaban J connectivity index is -0.000000845. The SMILES string of the molecule is O=C(O)CC(O)(C(=O)O)C(O)C(=O)O.[H-].[K+]. The summed E-state index contributed by atoms with van der Waals surface area (Å²) in [4.78, 5) is 30.7. The topological polar surface area (TPSA) is 152 Å². The molecule has 0 rings (SSSR count). The Labute approximate surface area is 127 Å². The summed E-state index contributed by atoms with van der Waals surface area (Å²) in [6, 6.07) is 0. The second kappa shape index (κ2) is 6.53. The first-order chi connectivity index (χ1) is 6.21. The summed E-state index contributed by atoms with van der Waals surface area (Å²) in [7, 11) is 0. The molecular weight excluding hydrogens is 239 g/mol. The summed E-state index contributed by atoms with van der Waals surface area (Å²) in [6.07, 6.45) is -4.11. The number of aliphatic carboxylic acids is 3. The maximum Gasteiger partial charge on any atom is 1.00 e. The minimum atomic E-state index is -3.22. The van der Waals surface area contributed by atoms with Gasteiger partial charge in [-0.1, -0.05) is 0 Å². The molecule has 5 N–H and O–H groups in total. The first-order valence-electron chi connectivity index (χ1n) is 3.30. The van der Waals surface area contributed by atoms with Crippen molar-refractivity contribution in [3.8, 4) is 0 Å². The molecule has 0 saturated carbocycles. The van der Waals surface area contributed by atoms with Gasteiger partial charge in [0.25, 0.3) is 0 Å². The molecule has 0 heterocycles. The summed E-state index contributed by atoms with van der Waals surface area (Å²) in [6.45, 7) is 0. The average molecular weight is 248 g/mol. The van der Waals surface area contributed by atoms with Crippen molar-refractivity contribution >= 4 is 17.9 Å². The first-order valence-corrected chi connectivity index (χ1v) is 3.30. The van der Waals surface area contributed by atoms with Gasteiger partial charge in [0, 0.05) is 0 Å². The third-order valence-electron chi connectivity index (χ3n) is 1.48. The zero-order valence-electron chi connectivity index (χ0n) is 8.75. The maximum absolute atomic E-state index is 10.4. The number of hydrogen-bond donors (Lipinski definition) is 5. The average Bonchev–Trinajstić information content (AvgIpc) is 2.00. The Morgan fingerprint density at radius 3 is 1.80 bits per heavy atom. The van der Waals surface area contributed by atoms with E-state index >= 15 is 0 Å². The van der Waals surface area contributed by atoms with Crippen molar-refractivity contribution in [2.24, 2.45) is 0 Å². The monoisotopic (exact) mass is 248 g/mol. The van der Waals surface area contributed by atoms with Crippen molar-refractivity contribution in [1.29, 1.82) is 0 Å². The molecule has 0 fully saturated rings. The van der Waals surface area contributed by atoms with Crippen molar-refractivity contribution in [3.63, 3.8) is 0 Å². The fraction of sp³-hybridized carbons (Fsp3) is 0.500. The zero-order valence-corrected chi connectivity index (χ0v) is 10.9. The van der Waals surface area contributed by atoms with E-state index in [2.05, 4.69) is 0 Å². The number of aliphatic hydroxyl groups excluding tert-OH is 1. The van der Waals surface area contributed by atoms with Crippen molar-refractivity contribution < 1.29 is 92.7 Å². The fourth-order valence-corrected chi connectivity index (χ4v) is 0.724. The Kier molecular flexibility index (Phi) is 7.56. The number of carboxylic acid groups (broad SMARTS) is 3.